The van der Waals surface area contributed by atoms with Gasteiger partial charge in [-0.05, 0) is 55.9 Å². The molecule has 1 aliphatic carbocycles. The zero-order valence-corrected chi connectivity index (χ0v) is 13.5. The third-order valence-electron chi connectivity index (χ3n) is 5.60. The molecular weight excluding hydrogens is 250 g/mol. The summed E-state index contributed by atoms with van der Waals surface area (Å²) in [7, 11) is 0. The van der Waals surface area contributed by atoms with Crippen LogP contribution >= 0.6 is 0 Å². The van der Waals surface area contributed by atoms with Crippen LogP contribution in [0.25, 0.3) is 0 Å². The van der Waals surface area contributed by atoms with E-state index in [4.69, 9.17) is 0 Å². The Labute approximate surface area is 124 Å². The molecule has 20 heavy (non-hydrogen) atoms. The first-order chi connectivity index (χ1) is 9.41. The summed E-state index contributed by atoms with van der Waals surface area (Å²) < 4.78 is 0. The van der Waals surface area contributed by atoms with E-state index in [1.807, 2.05) is 0 Å². The fraction of sp³-hybridized carbons (Fsp3) is 1.00. The van der Waals surface area contributed by atoms with E-state index < -0.39 is 0 Å². The smallest absolute Gasteiger partial charge is 0.0586 e. The average Bonchev–Trinajstić information content (AvgIpc) is 2.40. The van der Waals surface area contributed by atoms with Crippen LogP contribution in [-0.2, 0) is 0 Å². The van der Waals surface area contributed by atoms with Crippen LogP contribution in [-0.4, -0.2) is 47.0 Å². The highest BCUT2D eigenvalue weighted by Gasteiger charge is 2.36. The van der Waals surface area contributed by atoms with Gasteiger partial charge >= 0.3 is 0 Å². The van der Waals surface area contributed by atoms with Gasteiger partial charge in [0.05, 0.1) is 12.7 Å². The predicted molar refractivity (Wildman–Crippen MR) is 82.6 cm³/mol. The standard InChI is InChI=1S/C17H33NO2/c1-17(2,3)14-7-8-16(20)13(10-14)11-18-9-5-4-6-15(18)12-19/h13-16,19-20H,4-12H2,1-3H3. The highest BCUT2D eigenvalue weighted by atomic mass is 16.3. The van der Waals surface area contributed by atoms with Crippen molar-refractivity contribution in [2.45, 2.75) is 71.4 Å². The summed E-state index contributed by atoms with van der Waals surface area (Å²) in [5.74, 6) is 1.10. The molecule has 0 amide bonds. The van der Waals surface area contributed by atoms with Gasteiger partial charge in [0, 0.05) is 12.6 Å². The van der Waals surface area contributed by atoms with E-state index in [9.17, 15) is 10.2 Å². The first-order valence-electron chi connectivity index (χ1n) is 8.44. The van der Waals surface area contributed by atoms with Crippen LogP contribution in [0.2, 0.25) is 0 Å². The van der Waals surface area contributed by atoms with Gasteiger partial charge in [-0.3, -0.25) is 4.90 Å². The number of hydrogen-bond donors (Lipinski definition) is 2. The molecule has 2 rings (SSSR count). The number of piperidine rings is 1. The van der Waals surface area contributed by atoms with Crippen molar-refractivity contribution in [1.29, 1.82) is 0 Å². The molecule has 1 saturated carbocycles. The van der Waals surface area contributed by atoms with E-state index >= 15 is 0 Å². The first-order valence-corrected chi connectivity index (χ1v) is 8.44. The molecule has 118 valence electrons. The molecule has 0 aromatic carbocycles. The minimum atomic E-state index is -0.144. The summed E-state index contributed by atoms with van der Waals surface area (Å²) >= 11 is 0. The molecular formula is C17H33NO2. The maximum atomic E-state index is 10.4. The SMILES string of the molecule is CC(C)(C)C1CCC(O)C(CN2CCCCC2CO)C1. The minimum Gasteiger partial charge on any atom is -0.395 e. The predicted octanol–water partition coefficient (Wildman–Crippen LogP) is 2.66. The average molecular weight is 283 g/mol. The molecule has 3 nitrogen and oxygen atoms in total. The molecule has 4 unspecified atom stereocenters. The lowest BCUT2D eigenvalue weighted by Crippen LogP contribution is -2.48. The Balaban J connectivity index is 1.95. The molecule has 0 radical (unpaired) electrons. The maximum Gasteiger partial charge on any atom is 0.0586 e. The van der Waals surface area contributed by atoms with Crippen LogP contribution in [0.4, 0.5) is 0 Å². The molecule has 2 N–H and O–H groups in total. The molecule has 0 spiro atoms. The van der Waals surface area contributed by atoms with Gasteiger partial charge in [-0.1, -0.05) is 27.2 Å². The van der Waals surface area contributed by atoms with E-state index in [0.717, 1.165) is 38.8 Å². The molecule has 1 saturated heterocycles. The third kappa shape index (κ3) is 3.96. The first kappa shape index (κ1) is 16.3. The van der Waals surface area contributed by atoms with Crippen molar-refractivity contribution in [3.8, 4) is 0 Å². The second-order valence-electron chi connectivity index (χ2n) is 8.03. The van der Waals surface area contributed by atoms with Crippen LogP contribution in [0.1, 0.15) is 59.3 Å². The summed E-state index contributed by atoms with van der Waals surface area (Å²) in [5, 5.41) is 19.9. The van der Waals surface area contributed by atoms with Crippen molar-refractivity contribution >= 4 is 0 Å². The van der Waals surface area contributed by atoms with Crippen LogP contribution in [0, 0.1) is 17.3 Å². The molecule has 0 aromatic rings. The number of aliphatic hydroxyl groups excluding tert-OH is 2. The van der Waals surface area contributed by atoms with Crippen LogP contribution in [0.5, 0.6) is 0 Å². The van der Waals surface area contributed by atoms with Gasteiger partial charge in [-0.15, -0.1) is 0 Å². The zero-order chi connectivity index (χ0) is 14.8. The third-order valence-corrected chi connectivity index (χ3v) is 5.60. The number of aliphatic hydroxyl groups is 2. The van der Waals surface area contributed by atoms with Crippen molar-refractivity contribution in [3.63, 3.8) is 0 Å². The van der Waals surface area contributed by atoms with E-state index in [1.165, 1.54) is 12.8 Å². The Bertz CT molecular complexity index is 300. The lowest BCUT2D eigenvalue weighted by atomic mass is 9.68. The summed E-state index contributed by atoms with van der Waals surface area (Å²) in [6, 6.07) is 0.325. The lowest BCUT2D eigenvalue weighted by molar-refractivity contribution is -0.0144. The Hall–Kier alpha value is -0.120. The number of likely N-dealkylation sites (tertiary alicyclic amines) is 1. The topological polar surface area (TPSA) is 43.7 Å². The van der Waals surface area contributed by atoms with E-state index in [-0.39, 0.29) is 12.7 Å². The van der Waals surface area contributed by atoms with Gasteiger partial charge in [0.1, 0.15) is 0 Å². The summed E-state index contributed by atoms with van der Waals surface area (Å²) in [4.78, 5) is 2.43. The van der Waals surface area contributed by atoms with Crippen LogP contribution in [0.3, 0.4) is 0 Å². The van der Waals surface area contributed by atoms with Gasteiger partial charge in [0.25, 0.3) is 0 Å². The fourth-order valence-corrected chi connectivity index (χ4v) is 4.04. The van der Waals surface area contributed by atoms with Gasteiger partial charge in [0.2, 0.25) is 0 Å². The fourth-order valence-electron chi connectivity index (χ4n) is 4.04. The monoisotopic (exact) mass is 283 g/mol. The summed E-state index contributed by atoms with van der Waals surface area (Å²) in [6.45, 7) is 9.30. The number of hydrogen-bond acceptors (Lipinski definition) is 3. The lowest BCUT2D eigenvalue weighted by Gasteiger charge is -2.44. The molecule has 0 aromatic heterocycles. The summed E-state index contributed by atoms with van der Waals surface area (Å²) in [5.41, 5.74) is 0.344. The zero-order valence-electron chi connectivity index (χ0n) is 13.5. The van der Waals surface area contributed by atoms with Gasteiger partial charge in [-0.2, -0.15) is 0 Å². The van der Waals surface area contributed by atoms with E-state index in [0.29, 0.717) is 23.3 Å². The van der Waals surface area contributed by atoms with Gasteiger partial charge in [-0.25, -0.2) is 0 Å². The molecule has 1 aliphatic heterocycles. The Morgan fingerprint density at radius 3 is 2.50 bits per heavy atom. The largest absolute Gasteiger partial charge is 0.395 e. The van der Waals surface area contributed by atoms with Crippen molar-refractivity contribution in [1.82, 2.24) is 4.90 Å². The molecule has 2 aliphatic rings. The van der Waals surface area contributed by atoms with Gasteiger partial charge in [0.15, 0.2) is 0 Å². The second-order valence-corrected chi connectivity index (χ2v) is 8.03. The normalized spacial score (nSPS) is 37.0. The van der Waals surface area contributed by atoms with Crippen molar-refractivity contribution < 1.29 is 10.2 Å². The second kappa shape index (κ2) is 6.76. The molecule has 1 heterocycles. The number of nitrogens with zero attached hydrogens (tertiary/aromatic N) is 1. The van der Waals surface area contributed by atoms with Crippen LogP contribution in [0.15, 0.2) is 0 Å². The summed E-state index contributed by atoms with van der Waals surface area (Å²) in [6.07, 6.45) is 6.69. The molecule has 2 fully saturated rings. The maximum absolute atomic E-state index is 10.4. The quantitative estimate of drug-likeness (QED) is 0.837. The Morgan fingerprint density at radius 2 is 1.85 bits per heavy atom. The Kier molecular flexibility index (Phi) is 5.49. The molecule has 3 heteroatoms. The highest BCUT2D eigenvalue weighted by Crippen LogP contribution is 2.41. The van der Waals surface area contributed by atoms with Gasteiger partial charge < -0.3 is 10.2 Å². The van der Waals surface area contributed by atoms with Crippen molar-refractivity contribution in [2.75, 3.05) is 19.7 Å². The van der Waals surface area contributed by atoms with Crippen molar-refractivity contribution in [2.24, 2.45) is 17.3 Å². The Morgan fingerprint density at radius 1 is 1.10 bits per heavy atom. The van der Waals surface area contributed by atoms with Crippen LogP contribution < -0.4 is 0 Å². The van der Waals surface area contributed by atoms with E-state index in [2.05, 4.69) is 25.7 Å². The van der Waals surface area contributed by atoms with E-state index in [1.54, 1.807) is 0 Å². The molecule has 4 atom stereocenters. The number of rotatable bonds is 3. The van der Waals surface area contributed by atoms with Crippen molar-refractivity contribution in [3.05, 3.63) is 0 Å². The highest BCUT2D eigenvalue weighted by molar-refractivity contribution is 4.88. The minimum absolute atomic E-state index is 0.144. The molecule has 0 bridgehead atoms.